The highest BCUT2D eigenvalue weighted by atomic mass is 19.4. The van der Waals surface area contributed by atoms with E-state index in [1.807, 2.05) is 0 Å². The molecule has 0 bridgehead atoms. The van der Waals surface area contributed by atoms with E-state index in [0.717, 1.165) is 12.1 Å². The number of nitrogens with zero attached hydrogens (tertiary/aromatic N) is 2. The normalized spacial score (nSPS) is 11.7. The predicted molar refractivity (Wildman–Crippen MR) is 99.8 cm³/mol. The highest BCUT2D eigenvalue weighted by Gasteiger charge is 2.31. The molecule has 1 aromatic carbocycles. The van der Waals surface area contributed by atoms with Crippen LogP contribution in [-0.4, -0.2) is 15.0 Å². The van der Waals surface area contributed by atoms with Gasteiger partial charge in [0.2, 0.25) is 0 Å². The molecular weight excluding hydrogens is 386 g/mol. The second kappa shape index (κ2) is 7.12. The number of nitrogens with one attached hydrogen (secondary N) is 1. The summed E-state index contributed by atoms with van der Waals surface area (Å²) in [4.78, 5) is 22.9. The summed E-state index contributed by atoms with van der Waals surface area (Å²) in [6, 6.07) is 7.59. The Labute approximate surface area is 161 Å². The fourth-order valence-corrected chi connectivity index (χ4v) is 3.21. The number of benzene rings is 1. The molecule has 146 valence electrons. The number of aromatic amines is 1. The van der Waals surface area contributed by atoms with Crippen molar-refractivity contribution < 1.29 is 17.6 Å². The van der Waals surface area contributed by atoms with E-state index in [-0.39, 0.29) is 17.5 Å². The van der Waals surface area contributed by atoms with E-state index in [0.29, 0.717) is 33.7 Å². The maximum absolute atomic E-state index is 13.7. The number of pyridine rings is 3. The molecule has 4 nitrogen and oxygen atoms in total. The lowest BCUT2D eigenvalue weighted by atomic mass is 10.00. The summed E-state index contributed by atoms with van der Waals surface area (Å²) in [6.45, 7) is 0. The van der Waals surface area contributed by atoms with Gasteiger partial charge in [-0.15, -0.1) is 0 Å². The maximum Gasteiger partial charge on any atom is 0.416 e. The van der Waals surface area contributed by atoms with Crippen molar-refractivity contribution in [3.05, 3.63) is 94.2 Å². The van der Waals surface area contributed by atoms with Gasteiger partial charge in [-0.05, 0) is 52.9 Å². The fraction of sp³-hybridized carbons (Fsp3) is 0.0952. The molecule has 0 aliphatic carbocycles. The van der Waals surface area contributed by atoms with Crippen LogP contribution in [0.1, 0.15) is 16.8 Å². The molecule has 29 heavy (non-hydrogen) atoms. The minimum Gasteiger partial charge on any atom is -0.329 e. The van der Waals surface area contributed by atoms with Gasteiger partial charge in [-0.3, -0.25) is 14.8 Å². The average Bonchev–Trinajstić information content (AvgIpc) is 2.67. The van der Waals surface area contributed by atoms with Gasteiger partial charge >= 0.3 is 6.18 Å². The van der Waals surface area contributed by atoms with Crippen LogP contribution in [0, 0.1) is 5.82 Å². The van der Waals surface area contributed by atoms with E-state index >= 15 is 0 Å². The van der Waals surface area contributed by atoms with Crippen LogP contribution in [0.15, 0.2) is 66.0 Å². The molecule has 0 unspecified atom stereocenters. The Balaban J connectivity index is 1.74. The van der Waals surface area contributed by atoms with Crippen molar-refractivity contribution >= 4 is 10.8 Å². The number of hydrogen-bond donors (Lipinski definition) is 1. The minimum absolute atomic E-state index is 0.0213. The van der Waals surface area contributed by atoms with E-state index in [4.69, 9.17) is 0 Å². The standard InChI is InChI=1S/C21H13F4N3O/c22-15-6-12(5-14(9-15)21(23,24)25)7-16-8-13(1-3-27-16)18-10-26-11-19-17(18)2-4-28-20(19)29/h1-6,8-11H,7H2,(H,28,29). The van der Waals surface area contributed by atoms with Gasteiger partial charge in [0.15, 0.2) is 0 Å². The first kappa shape index (κ1) is 18.8. The Kier molecular flexibility index (Phi) is 4.62. The third kappa shape index (κ3) is 3.87. The fourth-order valence-electron chi connectivity index (χ4n) is 3.21. The third-order valence-electron chi connectivity index (χ3n) is 4.49. The smallest absolute Gasteiger partial charge is 0.329 e. The zero-order chi connectivity index (χ0) is 20.6. The number of halogens is 4. The van der Waals surface area contributed by atoms with Crippen LogP contribution in [0.5, 0.6) is 0 Å². The number of alkyl halides is 3. The number of H-pyrrole nitrogens is 1. The molecule has 3 aromatic heterocycles. The quantitative estimate of drug-likeness (QED) is 0.507. The SMILES string of the molecule is O=c1[nH]ccc2c(-c3ccnc(Cc4cc(F)cc(C(F)(F)F)c4)c3)cncc12. The van der Waals surface area contributed by atoms with Gasteiger partial charge in [0.1, 0.15) is 5.82 Å². The van der Waals surface area contributed by atoms with Gasteiger partial charge in [-0.2, -0.15) is 13.2 Å². The first-order valence-corrected chi connectivity index (χ1v) is 8.58. The summed E-state index contributed by atoms with van der Waals surface area (Å²) in [5.41, 5.74) is 0.697. The highest BCUT2D eigenvalue weighted by Crippen LogP contribution is 2.31. The van der Waals surface area contributed by atoms with Crippen molar-refractivity contribution in [3.63, 3.8) is 0 Å². The lowest BCUT2D eigenvalue weighted by molar-refractivity contribution is -0.137. The molecule has 0 fully saturated rings. The Morgan fingerprint density at radius 1 is 1.00 bits per heavy atom. The Bertz CT molecular complexity index is 1260. The first-order chi connectivity index (χ1) is 13.8. The van der Waals surface area contributed by atoms with Gasteiger partial charge < -0.3 is 4.98 Å². The Hall–Kier alpha value is -3.55. The molecule has 4 aromatic rings. The van der Waals surface area contributed by atoms with Gasteiger partial charge in [-0.25, -0.2) is 4.39 Å². The summed E-state index contributed by atoms with van der Waals surface area (Å²) in [6.07, 6.45) is 1.50. The monoisotopic (exact) mass is 399 g/mol. The van der Waals surface area contributed by atoms with Crippen molar-refractivity contribution in [1.29, 1.82) is 0 Å². The molecule has 0 amide bonds. The van der Waals surface area contributed by atoms with Crippen molar-refractivity contribution in [2.75, 3.05) is 0 Å². The molecule has 1 N–H and O–H groups in total. The van der Waals surface area contributed by atoms with E-state index in [9.17, 15) is 22.4 Å². The van der Waals surface area contributed by atoms with E-state index in [1.165, 1.54) is 18.6 Å². The van der Waals surface area contributed by atoms with Crippen LogP contribution in [0.25, 0.3) is 21.9 Å². The first-order valence-electron chi connectivity index (χ1n) is 8.58. The molecule has 8 heteroatoms. The summed E-state index contributed by atoms with van der Waals surface area (Å²) >= 11 is 0. The highest BCUT2D eigenvalue weighted by molar-refractivity contribution is 5.95. The Morgan fingerprint density at radius 2 is 1.83 bits per heavy atom. The maximum atomic E-state index is 13.7. The molecule has 0 atom stereocenters. The largest absolute Gasteiger partial charge is 0.416 e. The lowest BCUT2D eigenvalue weighted by Crippen LogP contribution is -2.07. The van der Waals surface area contributed by atoms with Crippen molar-refractivity contribution in [3.8, 4) is 11.1 Å². The summed E-state index contributed by atoms with van der Waals surface area (Å²) < 4.78 is 52.5. The number of hydrogen-bond acceptors (Lipinski definition) is 3. The summed E-state index contributed by atoms with van der Waals surface area (Å²) in [7, 11) is 0. The van der Waals surface area contributed by atoms with Gasteiger partial charge in [0, 0.05) is 42.5 Å². The zero-order valence-corrected chi connectivity index (χ0v) is 14.8. The molecule has 4 rings (SSSR count). The molecule has 0 spiro atoms. The third-order valence-corrected chi connectivity index (χ3v) is 4.49. The number of aromatic nitrogens is 3. The lowest BCUT2D eigenvalue weighted by Gasteiger charge is -2.10. The van der Waals surface area contributed by atoms with E-state index in [2.05, 4.69) is 15.0 Å². The van der Waals surface area contributed by atoms with Gasteiger partial charge in [0.05, 0.1) is 10.9 Å². The van der Waals surface area contributed by atoms with Crippen LogP contribution >= 0.6 is 0 Å². The van der Waals surface area contributed by atoms with Crippen LogP contribution in [0.3, 0.4) is 0 Å². The summed E-state index contributed by atoms with van der Waals surface area (Å²) in [5, 5.41) is 1.11. The van der Waals surface area contributed by atoms with Crippen LogP contribution in [0.2, 0.25) is 0 Å². The molecule has 0 aliphatic rings. The average molecular weight is 399 g/mol. The van der Waals surface area contributed by atoms with Crippen LogP contribution in [0.4, 0.5) is 17.6 Å². The topological polar surface area (TPSA) is 58.6 Å². The minimum atomic E-state index is -4.63. The van der Waals surface area contributed by atoms with Crippen molar-refractivity contribution in [2.45, 2.75) is 12.6 Å². The number of fused-ring (bicyclic) bond motifs is 1. The van der Waals surface area contributed by atoms with Crippen molar-refractivity contribution in [1.82, 2.24) is 15.0 Å². The molecule has 3 heterocycles. The zero-order valence-electron chi connectivity index (χ0n) is 14.8. The van der Waals surface area contributed by atoms with Crippen molar-refractivity contribution in [2.24, 2.45) is 0 Å². The predicted octanol–water partition coefficient (Wildman–Crippen LogP) is 4.73. The molecule has 0 aliphatic heterocycles. The second-order valence-corrected chi connectivity index (χ2v) is 6.51. The van der Waals surface area contributed by atoms with Gasteiger partial charge in [-0.1, -0.05) is 0 Å². The van der Waals surface area contributed by atoms with E-state index < -0.39 is 17.6 Å². The number of rotatable bonds is 3. The van der Waals surface area contributed by atoms with Crippen LogP contribution in [-0.2, 0) is 12.6 Å². The molecule has 0 radical (unpaired) electrons. The summed E-state index contributed by atoms with van der Waals surface area (Å²) in [5.74, 6) is -0.955. The Morgan fingerprint density at radius 3 is 2.62 bits per heavy atom. The molecular formula is C21H13F4N3O. The molecule has 0 saturated heterocycles. The van der Waals surface area contributed by atoms with E-state index in [1.54, 1.807) is 24.4 Å². The van der Waals surface area contributed by atoms with Gasteiger partial charge in [0.25, 0.3) is 5.56 Å². The molecule has 0 saturated carbocycles. The van der Waals surface area contributed by atoms with Crippen LogP contribution < -0.4 is 5.56 Å². The second-order valence-electron chi connectivity index (χ2n) is 6.51.